The van der Waals surface area contributed by atoms with Crippen molar-refractivity contribution in [1.82, 2.24) is 10.2 Å². The van der Waals surface area contributed by atoms with Gasteiger partial charge in [-0.15, -0.1) is 5.10 Å². The highest BCUT2D eigenvalue weighted by atomic mass is 16.5. The maximum absolute atomic E-state index is 5.67. The zero-order valence-electron chi connectivity index (χ0n) is 10.00. The number of nitrogens with zero attached hydrogens (tertiary/aromatic N) is 2. The van der Waals surface area contributed by atoms with E-state index in [-0.39, 0.29) is 5.60 Å². The van der Waals surface area contributed by atoms with Gasteiger partial charge in [-0.3, -0.25) is 0 Å². The fraction of sp³-hybridized carbons (Fsp3) is 0.636. The molecule has 84 valence electrons. The molecule has 4 nitrogen and oxygen atoms in total. The first-order valence-electron chi connectivity index (χ1n) is 4.93. The predicted octanol–water partition coefficient (Wildman–Crippen LogP) is 2.11. The molecule has 0 N–H and O–H groups in total. The third-order valence-electron chi connectivity index (χ3n) is 1.93. The number of hydrogen-bond acceptors (Lipinski definition) is 4. The lowest BCUT2D eigenvalue weighted by Crippen LogP contribution is -2.19. The summed E-state index contributed by atoms with van der Waals surface area (Å²) in [7, 11) is 1.58. The van der Waals surface area contributed by atoms with E-state index in [1.54, 1.807) is 7.11 Å². The summed E-state index contributed by atoms with van der Waals surface area (Å²) in [4.78, 5) is 0. The average molecular weight is 210 g/mol. The largest absolute Gasteiger partial charge is 0.480 e. The van der Waals surface area contributed by atoms with E-state index in [0.717, 1.165) is 11.3 Å². The Hall–Kier alpha value is -1.16. The van der Waals surface area contributed by atoms with Gasteiger partial charge in [-0.05, 0) is 27.7 Å². The third kappa shape index (κ3) is 3.83. The average Bonchev–Trinajstić information content (AvgIpc) is 2.15. The Bertz CT molecular complexity index is 332. The molecule has 0 saturated carbocycles. The van der Waals surface area contributed by atoms with Gasteiger partial charge in [-0.2, -0.15) is 5.10 Å². The standard InChI is InChI=1S/C11H18N2O2/c1-8-9(7-15-11(2,3)4)6-10(14-5)13-12-8/h6H,7H2,1-5H3. The number of rotatable bonds is 3. The Labute approximate surface area is 90.6 Å². The fourth-order valence-corrected chi connectivity index (χ4v) is 1.01. The molecule has 0 bridgehead atoms. The van der Waals surface area contributed by atoms with Gasteiger partial charge in [-0.25, -0.2) is 0 Å². The molecule has 4 heteroatoms. The molecule has 0 aliphatic heterocycles. The van der Waals surface area contributed by atoms with Crippen LogP contribution in [0.25, 0.3) is 0 Å². The zero-order valence-corrected chi connectivity index (χ0v) is 10.00. The molecule has 1 aromatic rings. The molecular weight excluding hydrogens is 192 g/mol. The van der Waals surface area contributed by atoms with Crippen molar-refractivity contribution in [3.63, 3.8) is 0 Å². The molecule has 15 heavy (non-hydrogen) atoms. The van der Waals surface area contributed by atoms with Crippen LogP contribution in [0.5, 0.6) is 5.88 Å². The molecule has 0 amide bonds. The van der Waals surface area contributed by atoms with Crippen LogP contribution in [0.3, 0.4) is 0 Å². The Morgan fingerprint density at radius 2 is 1.93 bits per heavy atom. The molecule has 0 aromatic carbocycles. The summed E-state index contributed by atoms with van der Waals surface area (Å²) >= 11 is 0. The van der Waals surface area contributed by atoms with E-state index in [2.05, 4.69) is 10.2 Å². The quantitative estimate of drug-likeness (QED) is 0.766. The maximum atomic E-state index is 5.67. The number of ether oxygens (including phenoxy) is 2. The van der Waals surface area contributed by atoms with Gasteiger partial charge in [0.25, 0.3) is 0 Å². The predicted molar refractivity (Wildman–Crippen MR) is 57.9 cm³/mol. The van der Waals surface area contributed by atoms with Crippen LogP contribution >= 0.6 is 0 Å². The van der Waals surface area contributed by atoms with Crippen LogP contribution in [0, 0.1) is 6.92 Å². The van der Waals surface area contributed by atoms with E-state index >= 15 is 0 Å². The summed E-state index contributed by atoms with van der Waals surface area (Å²) < 4.78 is 10.7. The van der Waals surface area contributed by atoms with Crippen molar-refractivity contribution in [3.8, 4) is 5.88 Å². The normalized spacial score (nSPS) is 11.5. The fourth-order valence-electron chi connectivity index (χ4n) is 1.01. The van der Waals surface area contributed by atoms with Crippen LogP contribution in [0.1, 0.15) is 32.0 Å². The second-order valence-corrected chi connectivity index (χ2v) is 4.40. The van der Waals surface area contributed by atoms with Crippen LogP contribution in [0.4, 0.5) is 0 Å². The molecule has 0 aliphatic rings. The van der Waals surface area contributed by atoms with E-state index < -0.39 is 0 Å². The molecule has 0 saturated heterocycles. The second kappa shape index (κ2) is 4.57. The lowest BCUT2D eigenvalue weighted by Gasteiger charge is -2.20. The Morgan fingerprint density at radius 1 is 1.27 bits per heavy atom. The molecule has 1 rings (SSSR count). The van der Waals surface area contributed by atoms with Gasteiger partial charge in [-0.1, -0.05) is 0 Å². The summed E-state index contributed by atoms with van der Waals surface area (Å²) in [6, 6.07) is 1.86. The zero-order chi connectivity index (χ0) is 11.5. The Morgan fingerprint density at radius 3 is 2.47 bits per heavy atom. The minimum Gasteiger partial charge on any atom is -0.480 e. The van der Waals surface area contributed by atoms with Gasteiger partial charge in [0.15, 0.2) is 0 Å². The summed E-state index contributed by atoms with van der Waals surface area (Å²) in [5.74, 6) is 0.521. The number of hydrogen-bond donors (Lipinski definition) is 0. The number of aromatic nitrogens is 2. The molecule has 0 atom stereocenters. The second-order valence-electron chi connectivity index (χ2n) is 4.40. The van der Waals surface area contributed by atoms with Gasteiger partial charge >= 0.3 is 0 Å². The highest BCUT2D eigenvalue weighted by Crippen LogP contribution is 2.16. The maximum Gasteiger partial charge on any atom is 0.233 e. The topological polar surface area (TPSA) is 44.2 Å². The van der Waals surface area contributed by atoms with Gasteiger partial charge in [0.1, 0.15) is 0 Å². The third-order valence-corrected chi connectivity index (χ3v) is 1.93. The number of methoxy groups -OCH3 is 1. The highest BCUT2D eigenvalue weighted by molar-refractivity contribution is 5.22. The van der Waals surface area contributed by atoms with Crippen LogP contribution in [0.2, 0.25) is 0 Å². The molecule has 1 heterocycles. The van der Waals surface area contributed by atoms with Crippen molar-refractivity contribution in [2.45, 2.75) is 39.9 Å². The van der Waals surface area contributed by atoms with Crippen LogP contribution in [0.15, 0.2) is 6.07 Å². The minimum atomic E-state index is -0.150. The number of aryl methyl sites for hydroxylation is 1. The smallest absolute Gasteiger partial charge is 0.233 e. The van der Waals surface area contributed by atoms with E-state index in [1.165, 1.54) is 0 Å². The van der Waals surface area contributed by atoms with Crippen molar-refractivity contribution in [3.05, 3.63) is 17.3 Å². The SMILES string of the molecule is COc1cc(COC(C)(C)C)c(C)nn1. The Kier molecular flexibility index (Phi) is 3.63. The molecule has 0 fully saturated rings. The summed E-state index contributed by atoms with van der Waals surface area (Å²) in [5.41, 5.74) is 1.74. The van der Waals surface area contributed by atoms with Gasteiger partial charge < -0.3 is 9.47 Å². The Balaban J connectivity index is 2.75. The van der Waals surface area contributed by atoms with E-state index in [1.807, 2.05) is 33.8 Å². The highest BCUT2D eigenvalue weighted by Gasteiger charge is 2.12. The van der Waals surface area contributed by atoms with E-state index in [9.17, 15) is 0 Å². The molecule has 0 aliphatic carbocycles. The first-order valence-corrected chi connectivity index (χ1v) is 4.93. The van der Waals surface area contributed by atoms with Gasteiger partial charge in [0.2, 0.25) is 5.88 Å². The minimum absolute atomic E-state index is 0.150. The van der Waals surface area contributed by atoms with Gasteiger partial charge in [0, 0.05) is 11.6 Å². The first-order chi connectivity index (χ1) is 6.92. The van der Waals surface area contributed by atoms with Crippen LogP contribution in [-0.2, 0) is 11.3 Å². The van der Waals surface area contributed by atoms with E-state index in [4.69, 9.17) is 9.47 Å². The van der Waals surface area contributed by atoms with Crippen LogP contribution < -0.4 is 4.74 Å². The molecule has 1 aromatic heterocycles. The summed E-state index contributed by atoms with van der Waals surface area (Å²) in [6.45, 7) is 8.51. The van der Waals surface area contributed by atoms with Crippen molar-refractivity contribution in [2.75, 3.05) is 7.11 Å². The van der Waals surface area contributed by atoms with Crippen LogP contribution in [-0.4, -0.2) is 22.9 Å². The van der Waals surface area contributed by atoms with Crippen molar-refractivity contribution >= 4 is 0 Å². The van der Waals surface area contributed by atoms with Crippen molar-refractivity contribution < 1.29 is 9.47 Å². The van der Waals surface area contributed by atoms with Gasteiger partial charge in [0.05, 0.1) is 25.0 Å². The first kappa shape index (κ1) is 11.9. The molecule has 0 radical (unpaired) electrons. The van der Waals surface area contributed by atoms with E-state index in [0.29, 0.717) is 12.5 Å². The molecular formula is C11H18N2O2. The molecule has 0 unspecified atom stereocenters. The molecule has 0 spiro atoms. The van der Waals surface area contributed by atoms with Crippen molar-refractivity contribution in [1.29, 1.82) is 0 Å². The lowest BCUT2D eigenvalue weighted by atomic mass is 10.2. The lowest BCUT2D eigenvalue weighted by molar-refractivity contribution is -0.0154. The monoisotopic (exact) mass is 210 g/mol. The van der Waals surface area contributed by atoms with Crippen molar-refractivity contribution in [2.24, 2.45) is 0 Å². The summed E-state index contributed by atoms with van der Waals surface area (Å²) in [6.07, 6.45) is 0. The summed E-state index contributed by atoms with van der Waals surface area (Å²) in [5, 5.41) is 7.87.